The Morgan fingerprint density at radius 1 is 0.962 bits per heavy atom. The SMILES string of the molecule is COC(=O)CSCc1ccc(NC(=O)c2ccc3ccccc3c2)cc1. The highest BCUT2D eigenvalue weighted by Crippen LogP contribution is 2.18. The first-order valence-corrected chi connectivity index (χ1v) is 9.35. The Balaban J connectivity index is 1.60. The Morgan fingerprint density at radius 2 is 1.69 bits per heavy atom. The number of methoxy groups -OCH3 is 1. The van der Waals surface area contributed by atoms with Crippen LogP contribution in [0.4, 0.5) is 5.69 Å². The van der Waals surface area contributed by atoms with Crippen LogP contribution < -0.4 is 5.32 Å². The van der Waals surface area contributed by atoms with E-state index in [0.29, 0.717) is 17.1 Å². The molecule has 0 atom stereocenters. The number of hydrogen-bond donors (Lipinski definition) is 1. The fraction of sp³-hybridized carbons (Fsp3) is 0.143. The highest BCUT2D eigenvalue weighted by atomic mass is 32.2. The van der Waals surface area contributed by atoms with Gasteiger partial charge in [-0.05, 0) is 40.6 Å². The van der Waals surface area contributed by atoms with Crippen molar-refractivity contribution in [3.8, 4) is 0 Å². The number of ether oxygens (including phenoxy) is 1. The third-order valence-electron chi connectivity index (χ3n) is 3.94. The van der Waals surface area contributed by atoms with E-state index >= 15 is 0 Å². The summed E-state index contributed by atoms with van der Waals surface area (Å²) in [4.78, 5) is 23.6. The number of esters is 1. The minimum Gasteiger partial charge on any atom is -0.468 e. The molecule has 1 N–H and O–H groups in total. The molecule has 0 saturated carbocycles. The van der Waals surface area contributed by atoms with Gasteiger partial charge in [0.05, 0.1) is 12.9 Å². The molecule has 0 heterocycles. The summed E-state index contributed by atoms with van der Waals surface area (Å²) in [5.74, 6) is 0.683. The molecule has 5 heteroatoms. The quantitative estimate of drug-likeness (QED) is 0.654. The number of carbonyl (C=O) groups is 2. The number of amides is 1. The van der Waals surface area contributed by atoms with Crippen LogP contribution in [-0.2, 0) is 15.3 Å². The van der Waals surface area contributed by atoms with Crippen molar-refractivity contribution in [3.05, 3.63) is 77.9 Å². The van der Waals surface area contributed by atoms with Gasteiger partial charge in [-0.1, -0.05) is 42.5 Å². The standard InChI is InChI=1S/C21H19NO3S/c1-25-20(23)14-26-13-15-6-10-19(11-7-15)22-21(24)18-9-8-16-4-2-3-5-17(16)12-18/h2-12H,13-14H2,1H3,(H,22,24). The van der Waals surface area contributed by atoms with Gasteiger partial charge in [0.2, 0.25) is 0 Å². The van der Waals surface area contributed by atoms with Crippen LogP contribution in [0.5, 0.6) is 0 Å². The third-order valence-corrected chi connectivity index (χ3v) is 4.92. The van der Waals surface area contributed by atoms with Gasteiger partial charge >= 0.3 is 5.97 Å². The zero-order valence-corrected chi connectivity index (χ0v) is 15.2. The van der Waals surface area contributed by atoms with Crippen molar-refractivity contribution >= 4 is 40.1 Å². The Kier molecular flexibility index (Phi) is 5.92. The Hall–Kier alpha value is -2.79. The van der Waals surface area contributed by atoms with Crippen molar-refractivity contribution in [2.24, 2.45) is 0 Å². The van der Waals surface area contributed by atoms with Crippen molar-refractivity contribution in [3.63, 3.8) is 0 Å². The zero-order chi connectivity index (χ0) is 18.4. The van der Waals surface area contributed by atoms with Gasteiger partial charge in [-0.15, -0.1) is 11.8 Å². The smallest absolute Gasteiger partial charge is 0.315 e. The summed E-state index contributed by atoms with van der Waals surface area (Å²) < 4.78 is 4.61. The number of nitrogens with one attached hydrogen (secondary N) is 1. The van der Waals surface area contributed by atoms with Gasteiger partial charge in [-0.3, -0.25) is 9.59 Å². The van der Waals surface area contributed by atoms with Crippen LogP contribution >= 0.6 is 11.8 Å². The summed E-state index contributed by atoms with van der Waals surface area (Å²) in [6, 6.07) is 21.2. The maximum atomic E-state index is 12.5. The average Bonchev–Trinajstić information content (AvgIpc) is 2.68. The summed E-state index contributed by atoms with van der Waals surface area (Å²) >= 11 is 1.49. The minimum absolute atomic E-state index is 0.136. The molecule has 0 spiro atoms. The normalized spacial score (nSPS) is 10.5. The van der Waals surface area contributed by atoms with E-state index in [1.54, 1.807) is 0 Å². The van der Waals surface area contributed by atoms with E-state index in [0.717, 1.165) is 22.0 Å². The van der Waals surface area contributed by atoms with Gasteiger partial charge in [0, 0.05) is 17.0 Å². The predicted molar refractivity (Wildman–Crippen MR) is 107 cm³/mol. The fourth-order valence-corrected chi connectivity index (χ4v) is 3.34. The molecular weight excluding hydrogens is 346 g/mol. The molecule has 132 valence electrons. The Morgan fingerprint density at radius 3 is 2.42 bits per heavy atom. The Labute approximate surface area is 156 Å². The van der Waals surface area contributed by atoms with Gasteiger partial charge in [-0.2, -0.15) is 0 Å². The third kappa shape index (κ3) is 4.64. The van der Waals surface area contributed by atoms with E-state index in [1.807, 2.05) is 66.7 Å². The van der Waals surface area contributed by atoms with Crippen molar-refractivity contribution in [2.75, 3.05) is 18.2 Å². The largest absolute Gasteiger partial charge is 0.468 e. The van der Waals surface area contributed by atoms with Gasteiger partial charge in [-0.25, -0.2) is 0 Å². The van der Waals surface area contributed by atoms with Crippen molar-refractivity contribution in [2.45, 2.75) is 5.75 Å². The number of hydrogen-bond acceptors (Lipinski definition) is 4. The van der Waals surface area contributed by atoms with Gasteiger partial charge in [0.15, 0.2) is 0 Å². The van der Waals surface area contributed by atoms with Crippen LogP contribution in [0.15, 0.2) is 66.7 Å². The van der Waals surface area contributed by atoms with E-state index in [-0.39, 0.29) is 11.9 Å². The second kappa shape index (κ2) is 8.54. The summed E-state index contributed by atoms with van der Waals surface area (Å²) in [7, 11) is 1.38. The van der Waals surface area contributed by atoms with Gasteiger partial charge in [0.25, 0.3) is 5.91 Å². The van der Waals surface area contributed by atoms with Crippen molar-refractivity contribution in [1.29, 1.82) is 0 Å². The highest BCUT2D eigenvalue weighted by Gasteiger charge is 2.07. The van der Waals surface area contributed by atoms with E-state index < -0.39 is 0 Å². The fourth-order valence-electron chi connectivity index (χ4n) is 2.53. The van der Waals surface area contributed by atoms with Crippen LogP contribution in [0, 0.1) is 0 Å². The number of rotatable bonds is 6. The molecule has 0 fully saturated rings. The van der Waals surface area contributed by atoms with Crippen LogP contribution in [0.1, 0.15) is 15.9 Å². The maximum Gasteiger partial charge on any atom is 0.315 e. The number of benzene rings is 3. The second-order valence-electron chi connectivity index (χ2n) is 5.78. The highest BCUT2D eigenvalue weighted by molar-refractivity contribution is 7.99. The summed E-state index contributed by atoms with van der Waals surface area (Å²) in [5, 5.41) is 5.06. The molecule has 1 amide bonds. The molecule has 0 aliphatic rings. The van der Waals surface area contributed by atoms with Crippen LogP contribution in [-0.4, -0.2) is 24.7 Å². The maximum absolute atomic E-state index is 12.5. The molecule has 0 unspecified atom stereocenters. The molecule has 0 aliphatic heterocycles. The number of anilines is 1. The summed E-state index contributed by atoms with van der Waals surface area (Å²) in [6.45, 7) is 0. The van der Waals surface area contributed by atoms with Gasteiger partial charge in [0.1, 0.15) is 0 Å². The van der Waals surface area contributed by atoms with Crippen molar-refractivity contribution in [1.82, 2.24) is 0 Å². The average molecular weight is 365 g/mol. The molecule has 0 radical (unpaired) electrons. The molecular formula is C21H19NO3S. The first kappa shape index (κ1) is 18.0. The predicted octanol–water partition coefficient (Wildman–Crippen LogP) is 4.50. The van der Waals surface area contributed by atoms with E-state index in [1.165, 1.54) is 18.9 Å². The summed E-state index contributed by atoms with van der Waals surface area (Å²) in [6.07, 6.45) is 0. The molecule has 0 aromatic heterocycles. The molecule has 3 aromatic carbocycles. The lowest BCUT2D eigenvalue weighted by atomic mass is 10.1. The lowest BCUT2D eigenvalue weighted by molar-refractivity contribution is -0.137. The summed E-state index contributed by atoms with van der Waals surface area (Å²) in [5.41, 5.74) is 2.45. The van der Waals surface area contributed by atoms with Crippen LogP contribution in [0.2, 0.25) is 0 Å². The zero-order valence-electron chi connectivity index (χ0n) is 14.4. The van der Waals surface area contributed by atoms with E-state index in [4.69, 9.17) is 0 Å². The minimum atomic E-state index is -0.228. The van der Waals surface area contributed by atoms with E-state index in [9.17, 15) is 9.59 Å². The van der Waals surface area contributed by atoms with Crippen molar-refractivity contribution < 1.29 is 14.3 Å². The number of fused-ring (bicyclic) bond motifs is 1. The monoisotopic (exact) mass is 365 g/mol. The van der Waals surface area contributed by atoms with Crippen LogP contribution in [0.25, 0.3) is 10.8 Å². The topological polar surface area (TPSA) is 55.4 Å². The Bertz CT molecular complexity index is 922. The molecule has 0 aliphatic carbocycles. The van der Waals surface area contributed by atoms with E-state index in [2.05, 4.69) is 10.1 Å². The second-order valence-corrected chi connectivity index (χ2v) is 6.77. The number of thioether (sulfide) groups is 1. The first-order valence-electron chi connectivity index (χ1n) is 8.19. The molecule has 0 bridgehead atoms. The van der Waals surface area contributed by atoms with Crippen LogP contribution in [0.3, 0.4) is 0 Å². The lowest BCUT2D eigenvalue weighted by Crippen LogP contribution is -2.11. The first-order chi connectivity index (χ1) is 12.7. The molecule has 3 aromatic rings. The molecule has 0 saturated heterocycles. The molecule has 3 rings (SSSR count). The molecule has 26 heavy (non-hydrogen) atoms. The molecule has 4 nitrogen and oxygen atoms in total. The lowest BCUT2D eigenvalue weighted by Gasteiger charge is -2.08. The van der Waals surface area contributed by atoms with Gasteiger partial charge < -0.3 is 10.1 Å². The number of carbonyl (C=O) groups excluding carboxylic acids is 2.